The molecule has 2 aliphatic rings. The van der Waals surface area contributed by atoms with Gasteiger partial charge in [0.05, 0.1) is 10.5 Å². The molecule has 3 rings (SSSR count). The maximum atomic E-state index is 12.5. The van der Waals surface area contributed by atoms with E-state index < -0.39 is 47.0 Å². The molecular weight excluding hydrogens is 394 g/mol. The molecule has 10 heteroatoms. The van der Waals surface area contributed by atoms with E-state index in [0.717, 1.165) is 31.7 Å². The van der Waals surface area contributed by atoms with Crippen molar-refractivity contribution in [3.63, 3.8) is 0 Å². The van der Waals surface area contributed by atoms with Crippen molar-refractivity contribution in [1.29, 1.82) is 0 Å². The Labute approximate surface area is 172 Å². The zero-order chi connectivity index (χ0) is 22.0. The number of benzene rings is 1. The molecule has 1 aromatic carbocycles. The number of nitrogens with zero attached hydrogens (tertiary/aromatic N) is 2. The molecule has 1 aliphatic carbocycles. The molecule has 1 saturated carbocycles. The largest absolute Gasteiger partial charge is 0.451 e. The molecule has 10 nitrogen and oxygen atoms in total. The predicted molar refractivity (Wildman–Crippen MR) is 104 cm³/mol. The second kappa shape index (κ2) is 8.60. The van der Waals surface area contributed by atoms with Gasteiger partial charge in [-0.2, -0.15) is 0 Å². The fourth-order valence-corrected chi connectivity index (χ4v) is 3.86. The molecule has 0 bridgehead atoms. The van der Waals surface area contributed by atoms with Crippen molar-refractivity contribution in [3.05, 3.63) is 39.4 Å². The molecular formula is C20H23N3O7. The van der Waals surface area contributed by atoms with E-state index in [4.69, 9.17) is 4.74 Å². The van der Waals surface area contributed by atoms with Crippen LogP contribution < -0.4 is 5.32 Å². The van der Waals surface area contributed by atoms with Gasteiger partial charge in [-0.15, -0.1) is 0 Å². The lowest BCUT2D eigenvalue weighted by Gasteiger charge is -2.30. The van der Waals surface area contributed by atoms with E-state index in [-0.39, 0.29) is 17.2 Å². The number of amides is 3. The molecule has 1 fully saturated rings. The second-order valence-electron chi connectivity index (χ2n) is 7.66. The summed E-state index contributed by atoms with van der Waals surface area (Å²) >= 11 is 0. The zero-order valence-electron chi connectivity index (χ0n) is 16.8. The van der Waals surface area contributed by atoms with Crippen LogP contribution in [-0.2, 0) is 14.3 Å². The Kier molecular flexibility index (Phi) is 6.14. The first-order valence-electron chi connectivity index (χ1n) is 9.84. The summed E-state index contributed by atoms with van der Waals surface area (Å²) in [5.41, 5.74) is -0.993. The zero-order valence-corrected chi connectivity index (χ0v) is 16.8. The molecule has 3 amide bonds. The molecule has 0 aromatic heterocycles. The van der Waals surface area contributed by atoms with Gasteiger partial charge in [0.25, 0.3) is 23.4 Å². The Morgan fingerprint density at radius 2 is 1.97 bits per heavy atom. The summed E-state index contributed by atoms with van der Waals surface area (Å²) in [6, 6.07) is 3.71. The highest BCUT2D eigenvalue weighted by atomic mass is 16.6. The summed E-state index contributed by atoms with van der Waals surface area (Å²) in [4.78, 5) is 60.5. The maximum absolute atomic E-state index is 12.5. The number of carbonyl (C=O) groups is 4. The minimum atomic E-state index is -1.10. The van der Waals surface area contributed by atoms with Gasteiger partial charge >= 0.3 is 5.97 Å². The first-order chi connectivity index (χ1) is 14.2. The van der Waals surface area contributed by atoms with E-state index in [1.54, 1.807) is 0 Å². The van der Waals surface area contributed by atoms with Crippen molar-refractivity contribution in [2.24, 2.45) is 5.92 Å². The summed E-state index contributed by atoms with van der Waals surface area (Å²) in [6.07, 6.45) is 2.93. The SMILES string of the molecule is C[C@H](OC(=O)CN1C(=O)c2cccc([N+](=O)[O-])c2C1=O)C(=O)N[C@H]1CCCC[C@@H]1C. The van der Waals surface area contributed by atoms with Crippen molar-refractivity contribution in [2.75, 3.05) is 6.54 Å². The van der Waals surface area contributed by atoms with E-state index in [1.807, 2.05) is 0 Å². The number of ether oxygens (including phenoxy) is 1. The number of nitro benzene ring substituents is 1. The number of esters is 1. The summed E-state index contributed by atoms with van der Waals surface area (Å²) in [6.45, 7) is 2.73. The Morgan fingerprint density at radius 3 is 2.63 bits per heavy atom. The molecule has 0 radical (unpaired) electrons. The minimum absolute atomic E-state index is 0.0178. The van der Waals surface area contributed by atoms with Crippen molar-refractivity contribution in [1.82, 2.24) is 10.2 Å². The molecule has 30 heavy (non-hydrogen) atoms. The van der Waals surface area contributed by atoms with E-state index in [0.29, 0.717) is 10.8 Å². The van der Waals surface area contributed by atoms with Crippen molar-refractivity contribution >= 4 is 29.4 Å². The molecule has 0 saturated heterocycles. The third-order valence-electron chi connectivity index (χ3n) is 5.58. The number of hydrogen-bond acceptors (Lipinski definition) is 7. The quantitative estimate of drug-likeness (QED) is 0.323. The van der Waals surface area contributed by atoms with Crippen LogP contribution in [0.5, 0.6) is 0 Å². The van der Waals surface area contributed by atoms with Gasteiger partial charge in [0, 0.05) is 12.1 Å². The number of imide groups is 1. The molecule has 0 spiro atoms. The standard InChI is InChI=1S/C20H23N3O7/c1-11-6-3-4-8-14(11)21-18(25)12(2)30-16(24)10-22-19(26)13-7-5-9-15(23(28)29)17(13)20(22)27/h5,7,9,11-12,14H,3-4,6,8,10H2,1-2H3,(H,21,25)/t11-,12-,14-/m0/s1. The Hall–Kier alpha value is -3.30. The van der Waals surface area contributed by atoms with Crippen LogP contribution in [0.1, 0.15) is 60.2 Å². The van der Waals surface area contributed by atoms with Crippen LogP contribution in [0.4, 0.5) is 5.69 Å². The molecule has 1 aliphatic heterocycles. The third-order valence-corrected chi connectivity index (χ3v) is 5.58. The second-order valence-corrected chi connectivity index (χ2v) is 7.66. The lowest BCUT2D eigenvalue weighted by molar-refractivity contribution is -0.385. The van der Waals surface area contributed by atoms with E-state index in [2.05, 4.69) is 12.2 Å². The number of rotatable bonds is 6. The van der Waals surface area contributed by atoms with Crippen LogP contribution in [0.3, 0.4) is 0 Å². The van der Waals surface area contributed by atoms with Gasteiger partial charge in [-0.1, -0.05) is 25.8 Å². The number of nitro groups is 1. The lowest BCUT2D eigenvalue weighted by Crippen LogP contribution is -2.46. The van der Waals surface area contributed by atoms with E-state index >= 15 is 0 Å². The first-order valence-corrected chi connectivity index (χ1v) is 9.84. The fraction of sp³-hybridized carbons (Fsp3) is 0.500. The van der Waals surface area contributed by atoms with E-state index in [1.165, 1.54) is 19.1 Å². The number of nitrogens with one attached hydrogen (secondary N) is 1. The normalized spacial score (nSPS) is 21.7. The van der Waals surface area contributed by atoms with Crippen LogP contribution in [0, 0.1) is 16.0 Å². The highest BCUT2D eigenvalue weighted by molar-refractivity contribution is 6.24. The predicted octanol–water partition coefficient (Wildman–Crippen LogP) is 1.82. The molecule has 3 atom stereocenters. The topological polar surface area (TPSA) is 136 Å². The first kappa shape index (κ1) is 21.4. The molecule has 160 valence electrons. The smallest absolute Gasteiger partial charge is 0.326 e. The lowest BCUT2D eigenvalue weighted by atomic mass is 9.86. The van der Waals surface area contributed by atoms with Gasteiger partial charge in [-0.05, 0) is 31.7 Å². The van der Waals surface area contributed by atoms with Gasteiger partial charge in [0.1, 0.15) is 12.1 Å². The van der Waals surface area contributed by atoms with E-state index in [9.17, 15) is 29.3 Å². The average Bonchev–Trinajstić information content (AvgIpc) is 2.94. The molecule has 1 N–H and O–H groups in total. The van der Waals surface area contributed by atoms with Gasteiger partial charge in [-0.3, -0.25) is 34.2 Å². The van der Waals surface area contributed by atoms with Gasteiger partial charge in [0.15, 0.2) is 6.10 Å². The minimum Gasteiger partial charge on any atom is -0.451 e. The summed E-state index contributed by atoms with van der Waals surface area (Å²) < 4.78 is 5.09. The van der Waals surface area contributed by atoms with Crippen molar-refractivity contribution in [2.45, 2.75) is 51.7 Å². The average molecular weight is 417 g/mol. The molecule has 0 unspecified atom stereocenters. The van der Waals surface area contributed by atoms with Crippen LogP contribution >= 0.6 is 0 Å². The van der Waals surface area contributed by atoms with Crippen molar-refractivity contribution in [3.8, 4) is 0 Å². The Morgan fingerprint density at radius 1 is 1.27 bits per heavy atom. The Balaban J connectivity index is 1.61. The van der Waals surface area contributed by atoms with Crippen LogP contribution in [-0.4, -0.2) is 52.2 Å². The number of carbonyl (C=O) groups excluding carboxylic acids is 4. The molecule has 1 heterocycles. The van der Waals surface area contributed by atoms with Crippen LogP contribution in [0.25, 0.3) is 0 Å². The number of fused-ring (bicyclic) bond motifs is 1. The van der Waals surface area contributed by atoms with Crippen molar-refractivity contribution < 1.29 is 28.8 Å². The third kappa shape index (κ3) is 4.17. The monoisotopic (exact) mass is 417 g/mol. The molecule has 1 aromatic rings. The number of hydrogen-bond donors (Lipinski definition) is 1. The summed E-state index contributed by atoms with van der Waals surface area (Å²) in [5, 5.41) is 14.0. The van der Waals surface area contributed by atoms with Gasteiger partial charge < -0.3 is 10.1 Å². The highest BCUT2D eigenvalue weighted by Gasteiger charge is 2.42. The summed E-state index contributed by atoms with van der Waals surface area (Å²) in [7, 11) is 0. The fourth-order valence-electron chi connectivity index (χ4n) is 3.86. The summed E-state index contributed by atoms with van der Waals surface area (Å²) in [5.74, 6) is -2.82. The maximum Gasteiger partial charge on any atom is 0.326 e. The van der Waals surface area contributed by atoms with Gasteiger partial charge in [-0.25, -0.2) is 0 Å². The Bertz CT molecular complexity index is 914. The highest BCUT2D eigenvalue weighted by Crippen LogP contribution is 2.30. The van der Waals surface area contributed by atoms with Crippen LogP contribution in [0.2, 0.25) is 0 Å². The van der Waals surface area contributed by atoms with Gasteiger partial charge in [0.2, 0.25) is 0 Å². The van der Waals surface area contributed by atoms with Crippen LogP contribution in [0.15, 0.2) is 18.2 Å².